The molecule has 0 saturated carbocycles. The highest BCUT2D eigenvalue weighted by Crippen LogP contribution is 2.24. The maximum Gasteiger partial charge on any atom is 0.241 e. The molecule has 2 aromatic heterocycles. The number of aliphatic hydroxyl groups is 1. The quantitative estimate of drug-likeness (QED) is 0.680. The molecule has 1 aromatic carbocycles. The van der Waals surface area contributed by atoms with Crippen LogP contribution < -0.4 is 0 Å². The second-order valence-corrected chi connectivity index (χ2v) is 7.43. The summed E-state index contributed by atoms with van der Waals surface area (Å²) < 4.78 is 5.39. The molecule has 146 valence electrons. The molecule has 0 radical (unpaired) electrons. The number of nitrogens with zero attached hydrogens (tertiary/aromatic N) is 4. The number of likely N-dealkylation sites (tertiary alicyclic amines) is 1. The number of hydrogen-bond acceptors (Lipinski definition) is 6. The van der Waals surface area contributed by atoms with Gasteiger partial charge in [0.1, 0.15) is 5.69 Å². The normalized spacial score (nSPS) is 16.9. The van der Waals surface area contributed by atoms with Gasteiger partial charge in [-0.2, -0.15) is 4.98 Å². The van der Waals surface area contributed by atoms with E-state index < -0.39 is 0 Å². The molecule has 1 aliphatic rings. The third-order valence-corrected chi connectivity index (χ3v) is 5.47. The summed E-state index contributed by atoms with van der Waals surface area (Å²) in [6.45, 7) is 2.52. The summed E-state index contributed by atoms with van der Waals surface area (Å²) in [6.07, 6.45) is 5.24. The van der Waals surface area contributed by atoms with Crippen molar-refractivity contribution in [3.8, 4) is 11.5 Å². The first-order valence-electron chi connectivity index (χ1n) is 9.96. The Labute approximate surface area is 165 Å². The Hall–Kier alpha value is -2.57. The van der Waals surface area contributed by atoms with Gasteiger partial charge in [0, 0.05) is 6.20 Å². The maximum absolute atomic E-state index is 10.6. The number of aliphatic hydroxyl groups excluding tert-OH is 1. The molecule has 3 aromatic rings. The Balaban J connectivity index is 1.24. The molecule has 1 saturated heterocycles. The molecule has 1 N–H and O–H groups in total. The Bertz CT molecular complexity index is 845. The summed E-state index contributed by atoms with van der Waals surface area (Å²) in [6, 6.07) is 16.0. The van der Waals surface area contributed by atoms with Gasteiger partial charge in [-0.25, -0.2) is 0 Å². The van der Waals surface area contributed by atoms with Crippen molar-refractivity contribution >= 4 is 0 Å². The van der Waals surface area contributed by atoms with Gasteiger partial charge in [0.25, 0.3) is 0 Å². The van der Waals surface area contributed by atoms with Crippen molar-refractivity contribution in [1.82, 2.24) is 20.0 Å². The molecule has 6 nitrogen and oxygen atoms in total. The minimum Gasteiger partial charge on any atom is -0.393 e. The van der Waals surface area contributed by atoms with Crippen LogP contribution in [0.2, 0.25) is 0 Å². The summed E-state index contributed by atoms with van der Waals surface area (Å²) >= 11 is 0. The molecule has 6 heteroatoms. The van der Waals surface area contributed by atoms with E-state index in [9.17, 15) is 5.11 Å². The summed E-state index contributed by atoms with van der Waals surface area (Å²) in [4.78, 5) is 11.0. The predicted octanol–water partition coefficient (Wildman–Crippen LogP) is 3.34. The van der Waals surface area contributed by atoms with Gasteiger partial charge in [0.05, 0.1) is 12.6 Å². The number of pyridine rings is 1. The number of rotatable bonds is 7. The van der Waals surface area contributed by atoms with E-state index in [1.54, 1.807) is 6.20 Å². The monoisotopic (exact) mass is 378 g/mol. The number of aryl methyl sites for hydroxylation is 1. The van der Waals surface area contributed by atoms with Gasteiger partial charge < -0.3 is 9.63 Å². The molecule has 1 atom stereocenters. The summed E-state index contributed by atoms with van der Waals surface area (Å²) in [7, 11) is 0. The lowest BCUT2D eigenvalue weighted by Crippen LogP contribution is -2.37. The Morgan fingerprint density at radius 1 is 1.07 bits per heavy atom. The SMILES string of the molecule is OC(CCc1ccccc1)C1CCN(Cc2nc(-c3ccccn3)no2)CC1. The van der Waals surface area contributed by atoms with Crippen LogP contribution in [-0.4, -0.2) is 44.3 Å². The molecule has 1 aliphatic heterocycles. The first kappa shape index (κ1) is 18.8. The molecule has 28 heavy (non-hydrogen) atoms. The number of hydrogen-bond donors (Lipinski definition) is 1. The highest BCUT2D eigenvalue weighted by Gasteiger charge is 2.26. The lowest BCUT2D eigenvalue weighted by Gasteiger charge is -2.33. The van der Waals surface area contributed by atoms with Crippen molar-refractivity contribution in [2.45, 2.75) is 38.3 Å². The standard InChI is InChI=1S/C22H26N4O2/c27-20(10-9-17-6-2-1-3-7-17)18-11-14-26(15-12-18)16-21-24-22(25-28-21)19-8-4-5-13-23-19/h1-8,13,18,20,27H,9-12,14-16H2. The smallest absolute Gasteiger partial charge is 0.241 e. The van der Waals surface area contributed by atoms with E-state index in [1.165, 1.54) is 5.56 Å². The van der Waals surface area contributed by atoms with E-state index >= 15 is 0 Å². The Morgan fingerprint density at radius 2 is 1.86 bits per heavy atom. The average molecular weight is 378 g/mol. The van der Waals surface area contributed by atoms with Crippen LogP contribution in [0, 0.1) is 5.92 Å². The Morgan fingerprint density at radius 3 is 2.61 bits per heavy atom. The van der Waals surface area contributed by atoms with Gasteiger partial charge in [0.2, 0.25) is 11.7 Å². The fourth-order valence-corrected chi connectivity index (χ4v) is 3.80. The second kappa shape index (κ2) is 9.08. The van der Waals surface area contributed by atoms with Gasteiger partial charge in [-0.15, -0.1) is 0 Å². The van der Waals surface area contributed by atoms with Crippen molar-refractivity contribution in [2.24, 2.45) is 5.92 Å². The van der Waals surface area contributed by atoms with E-state index in [-0.39, 0.29) is 6.10 Å². The van der Waals surface area contributed by atoms with Gasteiger partial charge >= 0.3 is 0 Å². The zero-order valence-electron chi connectivity index (χ0n) is 15.9. The molecule has 4 rings (SSSR count). The van der Waals surface area contributed by atoms with E-state index in [4.69, 9.17) is 4.52 Å². The van der Waals surface area contributed by atoms with E-state index in [2.05, 4.69) is 44.3 Å². The molecule has 1 fully saturated rings. The first-order valence-corrected chi connectivity index (χ1v) is 9.96. The first-order chi connectivity index (χ1) is 13.8. The Kier molecular flexibility index (Phi) is 6.09. The van der Waals surface area contributed by atoms with E-state index in [0.29, 0.717) is 24.2 Å². The topological polar surface area (TPSA) is 75.3 Å². The van der Waals surface area contributed by atoms with E-state index in [0.717, 1.165) is 44.5 Å². The molecule has 3 heterocycles. The van der Waals surface area contributed by atoms with Crippen molar-refractivity contribution in [3.05, 3.63) is 66.2 Å². The summed E-state index contributed by atoms with van der Waals surface area (Å²) in [5, 5.41) is 14.6. The van der Waals surface area contributed by atoms with Crippen LogP contribution in [0.1, 0.15) is 30.7 Å². The van der Waals surface area contributed by atoms with Crippen LogP contribution in [0.15, 0.2) is 59.3 Å². The van der Waals surface area contributed by atoms with Gasteiger partial charge in [-0.05, 0) is 62.4 Å². The zero-order valence-corrected chi connectivity index (χ0v) is 15.9. The largest absolute Gasteiger partial charge is 0.393 e. The third-order valence-electron chi connectivity index (χ3n) is 5.47. The molecule has 0 aliphatic carbocycles. The van der Waals surface area contributed by atoms with Crippen LogP contribution in [0.3, 0.4) is 0 Å². The number of aromatic nitrogens is 3. The van der Waals surface area contributed by atoms with Gasteiger partial charge in [0.15, 0.2) is 0 Å². The molecular formula is C22H26N4O2. The maximum atomic E-state index is 10.6. The summed E-state index contributed by atoms with van der Waals surface area (Å²) in [5.74, 6) is 1.51. The van der Waals surface area contributed by atoms with Crippen LogP contribution in [-0.2, 0) is 13.0 Å². The minimum atomic E-state index is -0.235. The highest BCUT2D eigenvalue weighted by molar-refractivity contribution is 5.46. The average Bonchev–Trinajstić information content (AvgIpc) is 3.22. The molecule has 0 spiro atoms. The number of piperidine rings is 1. The summed E-state index contributed by atoms with van der Waals surface area (Å²) in [5.41, 5.74) is 2.01. The van der Waals surface area contributed by atoms with Crippen LogP contribution in [0.4, 0.5) is 0 Å². The molecule has 1 unspecified atom stereocenters. The van der Waals surface area contributed by atoms with E-state index in [1.807, 2.05) is 24.3 Å². The van der Waals surface area contributed by atoms with Crippen molar-refractivity contribution in [2.75, 3.05) is 13.1 Å². The third kappa shape index (κ3) is 4.82. The zero-order chi connectivity index (χ0) is 19.2. The fourth-order valence-electron chi connectivity index (χ4n) is 3.80. The highest BCUT2D eigenvalue weighted by atomic mass is 16.5. The molecule has 0 amide bonds. The van der Waals surface area contributed by atoms with Crippen molar-refractivity contribution < 1.29 is 9.63 Å². The molecule has 0 bridgehead atoms. The molecular weight excluding hydrogens is 352 g/mol. The second-order valence-electron chi connectivity index (χ2n) is 7.43. The van der Waals surface area contributed by atoms with Crippen molar-refractivity contribution in [1.29, 1.82) is 0 Å². The fraction of sp³-hybridized carbons (Fsp3) is 0.409. The van der Waals surface area contributed by atoms with Crippen LogP contribution in [0.25, 0.3) is 11.5 Å². The van der Waals surface area contributed by atoms with Crippen LogP contribution >= 0.6 is 0 Å². The minimum absolute atomic E-state index is 0.235. The predicted molar refractivity (Wildman–Crippen MR) is 106 cm³/mol. The number of benzene rings is 1. The van der Waals surface area contributed by atoms with Crippen LogP contribution in [0.5, 0.6) is 0 Å². The lowest BCUT2D eigenvalue weighted by molar-refractivity contribution is 0.0492. The van der Waals surface area contributed by atoms with Crippen molar-refractivity contribution in [3.63, 3.8) is 0 Å². The van der Waals surface area contributed by atoms with Gasteiger partial charge in [-0.1, -0.05) is 41.6 Å². The lowest BCUT2D eigenvalue weighted by atomic mass is 9.88. The van der Waals surface area contributed by atoms with Gasteiger partial charge in [-0.3, -0.25) is 9.88 Å².